The topological polar surface area (TPSA) is 92.7 Å². The van der Waals surface area contributed by atoms with E-state index in [1.165, 1.54) is 0 Å². The molecule has 9 heteroatoms. The molecule has 0 fully saturated rings. The van der Waals surface area contributed by atoms with E-state index in [1.54, 1.807) is 0 Å². The fourth-order valence-electron chi connectivity index (χ4n) is 1.36. The summed E-state index contributed by atoms with van der Waals surface area (Å²) in [6.07, 6.45) is 0. The quantitative estimate of drug-likeness (QED) is 0.590. The van der Waals surface area contributed by atoms with Gasteiger partial charge in [0.15, 0.2) is 0 Å². The van der Waals surface area contributed by atoms with Gasteiger partial charge in [-0.3, -0.25) is 4.79 Å². The molecule has 1 rings (SSSR count). The lowest BCUT2D eigenvalue weighted by molar-refractivity contribution is -0.139. The maximum atomic E-state index is 13.7. The molecule has 1 aromatic carbocycles. The van der Waals surface area contributed by atoms with Crippen LogP contribution in [0.15, 0.2) is 17.0 Å². The number of ether oxygens (including phenoxy) is 1. The third-order valence-electron chi connectivity index (χ3n) is 2.21. The number of carbonyl (C=O) groups excluding carboxylic acids is 1. The Morgan fingerprint density at radius 1 is 1.43 bits per heavy atom. The van der Waals surface area contributed by atoms with Crippen LogP contribution in [-0.2, 0) is 19.6 Å². The Labute approximate surface area is 119 Å². The zero-order valence-electron chi connectivity index (χ0n) is 10.8. The summed E-state index contributed by atoms with van der Waals surface area (Å²) in [6, 6.07) is 1.08. The van der Waals surface area contributed by atoms with E-state index in [-0.39, 0.29) is 0 Å². The number of esters is 1. The summed E-state index contributed by atoms with van der Waals surface area (Å²) in [7, 11) is -3.40. The van der Waals surface area contributed by atoms with Crippen LogP contribution < -0.4 is 4.72 Å². The molecule has 21 heavy (non-hydrogen) atoms. The van der Waals surface area contributed by atoms with Crippen molar-refractivity contribution in [2.75, 3.05) is 20.3 Å². The van der Waals surface area contributed by atoms with E-state index in [0.29, 0.717) is 12.1 Å². The highest BCUT2D eigenvalue weighted by Gasteiger charge is 2.24. The molecule has 2 N–H and O–H groups in total. The third kappa shape index (κ3) is 4.49. The lowest BCUT2D eigenvalue weighted by Gasteiger charge is -2.09. The molecular weight excluding hydrogens is 308 g/mol. The van der Waals surface area contributed by atoms with Crippen molar-refractivity contribution in [2.24, 2.45) is 0 Å². The summed E-state index contributed by atoms with van der Waals surface area (Å²) in [5, 5.41) is 8.58. The third-order valence-corrected chi connectivity index (χ3v) is 3.69. The Balaban J connectivity index is 3.30. The second-order valence-corrected chi connectivity index (χ2v) is 5.33. The second-order valence-electron chi connectivity index (χ2n) is 3.62. The van der Waals surface area contributed by atoms with Crippen molar-refractivity contribution < 1.29 is 31.8 Å². The molecule has 0 spiro atoms. The van der Waals surface area contributed by atoms with Gasteiger partial charge in [0.05, 0.1) is 12.7 Å². The molecule has 0 aliphatic carbocycles. The molecule has 0 saturated carbocycles. The molecule has 0 aromatic heterocycles. The van der Waals surface area contributed by atoms with E-state index >= 15 is 0 Å². The van der Waals surface area contributed by atoms with Crippen LogP contribution in [0.5, 0.6) is 0 Å². The summed E-state index contributed by atoms with van der Waals surface area (Å²) in [5.41, 5.74) is -0.473. The molecule has 0 bridgehead atoms. The van der Waals surface area contributed by atoms with Crippen LogP contribution in [0, 0.1) is 23.5 Å². The maximum absolute atomic E-state index is 13.7. The van der Waals surface area contributed by atoms with E-state index in [2.05, 4.69) is 16.6 Å². The Morgan fingerprint density at radius 3 is 2.67 bits per heavy atom. The number of halogens is 2. The normalized spacial score (nSPS) is 10.7. The van der Waals surface area contributed by atoms with Gasteiger partial charge in [-0.1, -0.05) is 11.8 Å². The number of rotatable bonds is 4. The van der Waals surface area contributed by atoms with Crippen LogP contribution in [0.1, 0.15) is 5.56 Å². The van der Waals surface area contributed by atoms with Crippen LogP contribution in [0.25, 0.3) is 0 Å². The van der Waals surface area contributed by atoms with E-state index in [1.807, 2.05) is 4.72 Å². The minimum atomic E-state index is -4.45. The van der Waals surface area contributed by atoms with Gasteiger partial charge in [-0.15, -0.1) is 0 Å². The summed E-state index contributed by atoms with van der Waals surface area (Å²) >= 11 is 0. The van der Waals surface area contributed by atoms with Gasteiger partial charge in [0.25, 0.3) is 0 Å². The number of aliphatic hydroxyl groups excluding tert-OH is 1. The zero-order valence-corrected chi connectivity index (χ0v) is 11.6. The molecule has 0 radical (unpaired) electrons. The summed E-state index contributed by atoms with van der Waals surface area (Å²) < 4.78 is 56.8. The molecule has 6 nitrogen and oxygen atoms in total. The Bertz CT molecular complexity index is 706. The molecule has 1 aromatic rings. The highest BCUT2D eigenvalue weighted by atomic mass is 32.2. The first-order valence-electron chi connectivity index (χ1n) is 5.47. The number of hydrogen-bond donors (Lipinski definition) is 2. The Kier molecular flexibility index (Phi) is 5.78. The first-order valence-corrected chi connectivity index (χ1v) is 6.95. The lowest BCUT2D eigenvalue weighted by Crippen LogP contribution is -2.31. The summed E-state index contributed by atoms with van der Waals surface area (Å²) in [4.78, 5) is 10.0. The van der Waals surface area contributed by atoms with Gasteiger partial charge >= 0.3 is 5.97 Å². The standard InChI is InChI=1S/C12H11F2NO5S/c1-20-11(17)7-15-21(18,19)12-8(3-2-4-16)5-9(13)6-10(12)14/h5-6,15-16H,4,7H2,1H3. The minimum absolute atomic E-state index is 0.372. The zero-order chi connectivity index (χ0) is 16.0. The predicted octanol–water partition coefficient (Wildman–Crippen LogP) is -0.240. The molecular formula is C12H11F2NO5S. The van der Waals surface area contributed by atoms with Gasteiger partial charge in [0.1, 0.15) is 29.7 Å². The first-order chi connectivity index (χ1) is 9.81. The number of aliphatic hydroxyl groups is 1. The van der Waals surface area contributed by atoms with Gasteiger partial charge in [-0.2, -0.15) is 4.72 Å². The van der Waals surface area contributed by atoms with E-state index in [9.17, 15) is 22.0 Å². The van der Waals surface area contributed by atoms with Crippen LogP contribution in [0.2, 0.25) is 0 Å². The maximum Gasteiger partial charge on any atom is 0.320 e. The Morgan fingerprint density at radius 2 is 2.10 bits per heavy atom. The molecule has 0 aliphatic rings. The van der Waals surface area contributed by atoms with E-state index < -0.39 is 51.2 Å². The molecule has 0 heterocycles. The van der Waals surface area contributed by atoms with Crippen LogP contribution in [0.3, 0.4) is 0 Å². The molecule has 0 unspecified atom stereocenters. The number of nitrogens with one attached hydrogen (secondary N) is 1. The van der Waals surface area contributed by atoms with Crippen molar-refractivity contribution >= 4 is 16.0 Å². The first kappa shape index (κ1) is 17.0. The number of sulfonamides is 1. The number of carbonyl (C=O) groups is 1. The van der Waals surface area contributed by atoms with Crippen molar-refractivity contribution in [2.45, 2.75) is 4.90 Å². The fourth-order valence-corrected chi connectivity index (χ4v) is 2.53. The van der Waals surface area contributed by atoms with E-state index in [4.69, 9.17) is 5.11 Å². The van der Waals surface area contributed by atoms with E-state index in [0.717, 1.165) is 7.11 Å². The monoisotopic (exact) mass is 319 g/mol. The van der Waals surface area contributed by atoms with Crippen molar-refractivity contribution in [3.05, 3.63) is 29.3 Å². The summed E-state index contributed by atoms with van der Waals surface area (Å²) in [6.45, 7) is -1.34. The number of benzene rings is 1. The smallest absolute Gasteiger partial charge is 0.320 e. The van der Waals surface area contributed by atoms with Crippen LogP contribution in [-0.4, -0.2) is 39.8 Å². The minimum Gasteiger partial charge on any atom is -0.468 e. The molecule has 114 valence electrons. The number of methoxy groups -OCH3 is 1. The largest absolute Gasteiger partial charge is 0.468 e. The van der Waals surface area contributed by atoms with Gasteiger partial charge < -0.3 is 9.84 Å². The Hall–Kier alpha value is -2.02. The van der Waals surface area contributed by atoms with Crippen LogP contribution in [0.4, 0.5) is 8.78 Å². The molecule has 0 aliphatic heterocycles. The number of hydrogen-bond acceptors (Lipinski definition) is 5. The van der Waals surface area contributed by atoms with Crippen molar-refractivity contribution in [3.8, 4) is 11.8 Å². The molecule has 0 amide bonds. The van der Waals surface area contributed by atoms with Crippen molar-refractivity contribution in [1.82, 2.24) is 4.72 Å². The van der Waals surface area contributed by atoms with Gasteiger partial charge in [-0.05, 0) is 6.07 Å². The second kappa shape index (κ2) is 7.12. The predicted molar refractivity (Wildman–Crippen MR) is 67.5 cm³/mol. The van der Waals surface area contributed by atoms with Crippen molar-refractivity contribution in [1.29, 1.82) is 0 Å². The van der Waals surface area contributed by atoms with Crippen molar-refractivity contribution in [3.63, 3.8) is 0 Å². The average molecular weight is 319 g/mol. The lowest BCUT2D eigenvalue weighted by atomic mass is 10.2. The molecule has 0 atom stereocenters. The van der Waals surface area contributed by atoms with Gasteiger partial charge in [0.2, 0.25) is 10.0 Å². The highest BCUT2D eigenvalue weighted by molar-refractivity contribution is 7.89. The van der Waals surface area contributed by atoms with Gasteiger partial charge in [-0.25, -0.2) is 17.2 Å². The van der Waals surface area contributed by atoms with Crippen LogP contribution >= 0.6 is 0 Å². The summed E-state index contributed by atoms with van der Waals surface area (Å²) in [5.74, 6) is 0.955. The average Bonchev–Trinajstić information content (AvgIpc) is 2.41. The fraction of sp³-hybridized carbons (Fsp3) is 0.250. The molecule has 0 saturated heterocycles. The SMILES string of the molecule is COC(=O)CNS(=O)(=O)c1c(F)cc(F)cc1C#CCO. The van der Waals surface area contributed by atoms with Gasteiger partial charge in [0, 0.05) is 6.07 Å². The highest BCUT2D eigenvalue weighted by Crippen LogP contribution is 2.20.